The molecule has 76 valence electrons. The average Bonchev–Trinajstić information content (AvgIpc) is 2.19. The highest BCUT2D eigenvalue weighted by atomic mass is 35.5. The van der Waals surface area contributed by atoms with E-state index in [1.165, 1.54) is 14.0 Å². The molecule has 5 heteroatoms. The second-order valence-corrected chi connectivity index (χ2v) is 3.41. The first-order valence-electron chi connectivity index (χ1n) is 3.71. The van der Waals surface area contributed by atoms with Crippen LogP contribution in [0.2, 0.25) is 10.0 Å². The molecule has 0 fully saturated rings. The van der Waals surface area contributed by atoms with Crippen LogP contribution < -0.4 is 0 Å². The van der Waals surface area contributed by atoms with Gasteiger partial charge in [-0.1, -0.05) is 23.2 Å². The highest BCUT2D eigenvalue weighted by molar-refractivity contribution is 6.37. The molecule has 0 aromatic heterocycles. The van der Waals surface area contributed by atoms with Crippen LogP contribution in [0.15, 0.2) is 6.07 Å². The molecular formula is C9H7Cl2FO2. The number of methoxy groups -OCH3 is 1. The lowest BCUT2D eigenvalue weighted by Gasteiger charge is -2.07. The quantitative estimate of drug-likeness (QED) is 0.553. The van der Waals surface area contributed by atoms with Crippen LogP contribution >= 0.6 is 23.2 Å². The summed E-state index contributed by atoms with van der Waals surface area (Å²) >= 11 is 11.4. The summed E-state index contributed by atoms with van der Waals surface area (Å²) in [5.41, 5.74) is 0.308. The summed E-state index contributed by atoms with van der Waals surface area (Å²) in [5.74, 6) is -1.37. The molecule has 1 aromatic rings. The Morgan fingerprint density at radius 1 is 1.43 bits per heavy atom. The summed E-state index contributed by atoms with van der Waals surface area (Å²) < 4.78 is 17.6. The van der Waals surface area contributed by atoms with Crippen molar-refractivity contribution in [2.75, 3.05) is 7.11 Å². The van der Waals surface area contributed by atoms with Crippen LogP contribution in [0.4, 0.5) is 4.39 Å². The van der Waals surface area contributed by atoms with Crippen molar-refractivity contribution in [1.82, 2.24) is 0 Å². The smallest absolute Gasteiger partial charge is 0.339 e. The van der Waals surface area contributed by atoms with Gasteiger partial charge in [-0.2, -0.15) is 0 Å². The van der Waals surface area contributed by atoms with Crippen molar-refractivity contribution in [3.8, 4) is 0 Å². The summed E-state index contributed by atoms with van der Waals surface area (Å²) in [6, 6.07) is 0.962. The van der Waals surface area contributed by atoms with Crippen molar-refractivity contribution in [1.29, 1.82) is 0 Å². The van der Waals surface area contributed by atoms with Gasteiger partial charge in [-0.3, -0.25) is 0 Å². The topological polar surface area (TPSA) is 26.3 Å². The van der Waals surface area contributed by atoms with Crippen LogP contribution in [-0.4, -0.2) is 13.1 Å². The summed E-state index contributed by atoms with van der Waals surface area (Å²) in [5, 5.41) is 0.0332. The van der Waals surface area contributed by atoms with Gasteiger partial charge in [-0.25, -0.2) is 9.18 Å². The van der Waals surface area contributed by atoms with Gasteiger partial charge in [0, 0.05) is 0 Å². The second kappa shape index (κ2) is 4.15. The normalized spacial score (nSPS) is 10.1. The average molecular weight is 237 g/mol. The Hall–Kier alpha value is -0.800. The number of esters is 1. The lowest BCUT2D eigenvalue weighted by Crippen LogP contribution is -2.04. The first kappa shape index (κ1) is 11.3. The fourth-order valence-corrected chi connectivity index (χ4v) is 1.41. The summed E-state index contributed by atoms with van der Waals surface area (Å²) in [6.07, 6.45) is 0. The van der Waals surface area contributed by atoms with Crippen molar-refractivity contribution in [3.63, 3.8) is 0 Å². The molecule has 1 rings (SSSR count). The highest BCUT2D eigenvalue weighted by Gasteiger charge is 2.17. The molecule has 0 radical (unpaired) electrons. The standard InChI is InChI=1S/C9H7Cl2FO2/c1-4-7(10)5(9(13)14-2)3-6(12)8(4)11/h3H,1-2H3. The lowest BCUT2D eigenvalue weighted by molar-refractivity contribution is 0.0600. The van der Waals surface area contributed by atoms with Gasteiger partial charge in [0.25, 0.3) is 0 Å². The second-order valence-electron chi connectivity index (χ2n) is 2.65. The number of hydrogen-bond donors (Lipinski definition) is 0. The molecule has 0 amide bonds. The van der Waals surface area contributed by atoms with Gasteiger partial charge in [-0.05, 0) is 18.6 Å². The van der Waals surface area contributed by atoms with Crippen molar-refractivity contribution in [2.24, 2.45) is 0 Å². The van der Waals surface area contributed by atoms with Crippen LogP contribution in [0.3, 0.4) is 0 Å². The number of halogens is 3. The van der Waals surface area contributed by atoms with Crippen LogP contribution in [0.1, 0.15) is 15.9 Å². The number of hydrogen-bond acceptors (Lipinski definition) is 2. The molecule has 14 heavy (non-hydrogen) atoms. The van der Waals surface area contributed by atoms with Crippen LogP contribution in [0.25, 0.3) is 0 Å². The Morgan fingerprint density at radius 2 is 2.00 bits per heavy atom. The number of carbonyl (C=O) groups excluding carboxylic acids is 1. The largest absolute Gasteiger partial charge is 0.465 e. The third-order valence-electron chi connectivity index (χ3n) is 1.78. The van der Waals surface area contributed by atoms with Gasteiger partial charge >= 0.3 is 5.97 Å². The zero-order valence-electron chi connectivity index (χ0n) is 7.53. The van der Waals surface area contributed by atoms with Gasteiger partial charge in [-0.15, -0.1) is 0 Å². The van der Waals surface area contributed by atoms with E-state index in [1.807, 2.05) is 0 Å². The van der Waals surface area contributed by atoms with Crippen molar-refractivity contribution in [2.45, 2.75) is 6.92 Å². The summed E-state index contributed by atoms with van der Waals surface area (Å²) in [4.78, 5) is 11.1. The van der Waals surface area contributed by atoms with E-state index in [0.717, 1.165) is 6.07 Å². The molecule has 0 unspecified atom stereocenters. The zero-order chi connectivity index (χ0) is 10.9. The van der Waals surface area contributed by atoms with Crippen molar-refractivity contribution < 1.29 is 13.9 Å². The van der Waals surface area contributed by atoms with Gasteiger partial charge in [0.15, 0.2) is 0 Å². The van der Waals surface area contributed by atoms with Crippen LogP contribution in [-0.2, 0) is 4.74 Å². The van der Waals surface area contributed by atoms with E-state index in [1.54, 1.807) is 0 Å². The maximum absolute atomic E-state index is 13.1. The first-order valence-corrected chi connectivity index (χ1v) is 4.47. The molecule has 2 nitrogen and oxygen atoms in total. The molecule has 0 aliphatic heterocycles. The fraction of sp³-hybridized carbons (Fsp3) is 0.222. The molecule has 0 aliphatic rings. The zero-order valence-corrected chi connectivity index (χ0v) is 9.04. The highest BCUT2D eigenvalue weighted by Crippen LogP contribution is 2.30. The van der Waals surface area contributed by atoms with E-state index in [2.05, 4.69) is 4.74 Å². The predicted molar refractivity (Wildman–Crippen MR) is 52.5 cm³/mol. The van der Waals surface area contributed by atoms with E-state index in [-0.39, 0.29) is 15.6 Å². The van der Waals surface area contributed by atoms with E-state index in [4.69, 9.17) is 23.2 Å². The molecule has 0 bridgehead atoms. The summed E-state index contributed by atoms with van der Waals surface area (Å²) in [7, 11) is 1.19. The predicted octanol–water partition coefficient (Wildman–Crippen LogP) is 3.23. The lowest BCUT2D eigenvalue weighted by atomic mass is 10.1. The summed E-state index contributed by atoms with van der Waals surface area (Å²) in [6.45, 7) is 1.53. The Kier molecular flexibility index (Phi) is 3.34. The minimum Gasteiger partial charge on any atom is -0.465 e. The minimum absolute atomic E-state index is 0.0198. The Labute approximate surface area is 90.6 Å². The van der Waals surface area contributed by atoms with E-state index in [9.17, 15) is 9.18 Å². The van der Waals surface area contributed by atoms with Crippen molar-refractivity contribution >= 4 is 29.2 Å². The maximum Gasteiger partial charge on any atom is 0.339 e. The maximum atomic E-state index is 13.1. The van der Waals surface area contributed by atoms with E-state index >= 15 is 0 Å². The monoisotopic (exact) mass is 236 g/mol. The van der Waals surface area contributed by atoms with Crippen LogP contribution in [0.5, 0.6) is 0 Å². The number of ether oxygens (including phenoxy) is 1. The number of carbonyl (C=O) groups is 1. The van der Waals surface area contributed by atoms with Gasteiger partial charge < -0.3 is 4.74 Å². The Bertz CT molecular complexity index is 391. The Balaban J connectivity index is 3.40. The third kappa shape index (κ3) is 1.83. The molecule has 0 heterocycles. The third-order valence-corrected chi connectivity index (χ3v) is 2.73. The van der Waals surface area contributed by atoms with Gasteiger partial charge in [0.2, 0.25) is 0 Å². The van der Waals surface area contributed by atoms with Gasteiger partial charge in [0.1, 0.15) is 5.82 Å². The molecule has 0 aliphatic carbocycles. The molecular weight excluding hydrogens is 230 g/mol. The minimum atomic E-state index is -0.686. The fourth-order valence-electron chi connectivity index (χ4n) is 0.989. The first-order chi connectivity index (χ1) is 6.49. The molecule has 1 aromatic carbocycles. The van der Waals surface area contributed by atoms with Crippen molar-refractivity contribution in [3.05, 3.63) is 33.1 Å². The number of rotatable bonds is 1. The van der Waals surface area contributed by atoms with E-state index < -0.39 is 11.8 Å². The van der Waals surface area contributed by atoms with Gasteiger partial charge in [0.05, 0.1) is 22.7 Å². The SMILES string of the molecule is COC(=O)c1cc(F)c(Cl)c(C)c1Cl. The molecule has 0 saturated carbocycles. The van der Waals surface area contributed by atoms with E-state index in [0.29, 0.717) is 5.56 Å². The molecule has 0 N–H and O–H groups in total. The Morgan fingerprint density at radius 3 is 2.50 bits per heavy atom. The van der Waals surface area contributed by atoms with Crippen LogP contribution in [0, 0.1) is 12.7 Å². The number of benzene rings is 1. The molecule has 0 atom stereocenters. The molecule has 0 spiro atoms. The molecule has 0 saturated heterocycles.